The zero-order valence-electron chi connectivity index (χ0n) is 17.1. The van der Waals surface area contributed by atoms with E-state index in [1.165, 1.54) is 11.3 Å². The number of amides is 1. The number of aryl methyl sites for hydroxylation is 1. The van der Waals surface area contributed by atoms with Gasteiger partial charge in [0, 0.05) is 4.88 Å². The van der Waals surface area contributed by atoms with Gasteiger partial charge in [-0.1, -0.05) is 37.3 Å². The maximum atomic E-state index is 12.6. The fourth-order valence-corrected chi connectivity index (χ4v) is 4.30. The molecule has 0 aliphatic rings. The van der Waals surface area contributed by atoms with Crippen LogP contribution in [0.15, 0.2) is 42.5 Å². The summed E-state index contributed by atoms with van der Waals surface area (Å²) in [4.78, 5) is 26.0. The Morgan fingerprint density at radius 1 is 1.10 bits per heavy atom. The van der Waals surface area contributed by atoms with E-state index in [9.17, 15) is 9.59 Å². The van der Waals surface area contributed by atoms with Crippen molar-refractivity contribution in [1.29, 1.82) is 0 Å². The van der Waals surface area contributed by atoms with E-state index in [0.29, 0.717) is 22.7 Å². The van der Waals surface area contributed by atoms with Crippen molar-refractivity contribution in [3.8, 4) is 5.75 Å². The molecule has 0 fully saturated rings. The van der Waals surface area contributed by atoms with Crippen LogP contribution in [-0.2, 0) is 16.0 Å². The topological polar surface area (TPSA) is 64.6 Å². The van der Waals surface area contributed by atoms with Gasteiger partial charge in [-0.05, 0) is 55.7 Å². The van der Waals surface area contributed by atoms with Crippen LogP contribution in [0.2, 0.25) is 0 Å². The number of hydrogen-bond donors (Lipinski definition) is 1. The maximum absolute atomic E-state index is 12.6. The summed E-state index contributed by atoms with van der Waals surface area (Å²) in [6.45, 7) is 7.39. The van der Waals surface area contributed by atoms with Crippen LogP contribution in [0.5, 0.6) is 5.75 Å². The number of ether oxygens (including phenoxy) is 2. The fourth-order valence-electron chi connectivity index (χ4n) is 3.15. The Balaban J connectivity index is 1.71. The van der Waals surface area contributed by atoms with E-state index in [4.69, 9.17) is 9.47 Å². The normalized spacial score (nSPS) is 10.9. The van der Waals surface area contributed by atoms with Crippen LogP contribution in [0.25, 0.3) is 10.8 Å². The van der Waals surface area contributed by atoms with Gasteiger partial charge in [0.25, 0.3) is 5.91 Å². The average Bonchev–Trinajstić information content (AvgIpc) is 3.00. The van der Waals surface area contributed by atoms with E-state index < -0.39 is 5.97 Å². The summed E-state index contributed by atoms with van der Waals surface area (Å²) in [7, 11) is 0. The Morgan fingerprint density at radius 2 is 1.83 bits per heavy atom. The lowest BCUT2D eigenvalue weighted by Gasteiger charge is -2.11. The highest BCUT2D eigenvalue weighted by Crippen LogP contribution is 2.34. The Morgan fingerprint density at radius 3 is 2.52 bits per heavy atom. The van der Waals surface area contributed by atoms with Crippen molar-refractivity contribution in [3.63, 3.8) is 0 Å². The first-order chi connectivity index (χ1) is 13.9. The van der Waals surface area contributed by atoms with Crippen molar-refractivity contribution in [2.24, 2.45) is 0 Å². The standard InChI is InChI=1S/C23H25NO4S/c1-5-19-15(4)29-22(21(19)23(26)28-14(2)3)24-20(25)13-27-18-11-10-16-8-6-7-9-17(16)12-18/h6-12,14H,5,13H2,1-4H3,(H,24,25). The van der Waals surface area contributed by atoms with Gasteiger partial charge in [0.15, 0.2) is 6.61 Å². The van der Waals surface area contributed by atoms with Gasteiger partial charge in [0.05, 0.1) is 11.7 Å². The number of hydrogen-bond acceptors (Lipinski definition) is 5. The number of nitrogens with one attached hydrogen (secondary N) is 1. The van der Waals surface area contributed by atoms with E-state index >= 15 is 0 Å². The van der Waals surface area contributed by atoms with Crippen LogP contribution >= 0.6 is 11.3 Å². The molecule has 0 radical (unpaired) electrons. The molecule has 5 nitrogen and oxygen atoms in total. The third kappa shape index (κ3) is 4.95. The first-order valence-electron chi connectivity index (χ1n) is 9.63. The zero-order valence-corrected chi connectivity index (χ0v) is 17.9. The second kappa shape index (κ2) is 9.09. The monoisotopic (exact) mass is 411 g/mol. The van der Waals surface area contributed by atoms with Crippen molar-refractivity contribution in [2.75, 3.05) is 11.9 Å². The van der Waals surface area contributed by atoms with Crippen LogP contribution in [0.3, 0.4) is 0 Å². The first-order valence-corrected chi connectivity index (χ1v) is 10.4. The van der Waals surface area contributed by atoms with Crippen LogP contribution < -0.4 is 10.1 Å². The third-order valence-corrected chi connectivity index (χ3v) is 5.52. The molecule has 0 saturated carbocycles. The highest BCUT2D eigenvalue weighted by atomic mass is 32.1. The Labute approximate surface area is 174 Å². The summed E-state index contributed by atoms with van der Waals surface area (Å²) in [6.07, 6.45) is 0.459. The maximum Gasteiger partial charge on any atom is 0.341 e. The summed E-state index contributed by atoms with van der Waals surface area (Å²) in [5.41, 5.74) is 1.36. The highest BCUT2D eigenvalue weighted by molar-refractivity contribution is 7.16. The molecule has 0 spiro atoms. The second-order valence-electron chi connectivity index (χ2n) is 6.99. The minimum atomic E-state index is -0.410. The molecule has 2 aromatic carbocycles. The van der Waals surface area contributed by atoms with Gasteiger partial charge < -0.3 is 14.8 Å². The van der Waals surface area contributed by atoms with Crippen LogP contribution in [0.4, 0.5) is 5.00 Å². The number of fused-ring (bicyclic) bond motifs is 1. The quantitative estimate of drug-likeness (QED) is 0.532. The second-order valence-corrected chi connectivity index (χ2v) is 8.22. The molecule has 3 aromatic rings. The number of carbonyl (C=O) groups is 2. The van der Waals surface area contributed by atoms with Crippen molar-refractivity contribution >= 4 is 39.0 Å². The average molecular weight is 412 g/mol. The lowest BCUT2D eigenvalue weighted by atomic mass is 10.1. The number of esters is 1. The number of thiophene rings is 1. The van der Waals surface area contributed by atoms with Crippen molar-refractivity contribution < 1.29 is 19.1 Å². The Hall–Kier alpha value is -2.86. The molecule has 0 saturated heterocycles. The number of benzene rings is 2. The van der Waals surface area contributed by atoms with E-state index in [2.05, 4.69) is 5.32 Å². The largest absolute Gasteiger partial charge is 0.484 e. The van der Waals surface area contributed by atoms with Gasteiger partial charge in [-0.3, -0.25) is 4.79 Å². The number of rotatable bonds is 7. The summed E-state index contributed by atoms with van der Waals surface area (Å²) >= 11 is 1.38. The van der Waals surface area contributed by atoms with Crippen LogP contribution in [-0.4, -0.2) is 24.6 Å². The summed E-state index contributed by atoms with van der Waals surface area (Å²) < 4.78 is 11.0. The van der Waals surface area contributed by atoms with E-state index in [-0.39, 0.29) is 18.6 Å². The molecule has 1 aromatic heterocycles. The molecule has 3 rings (SSSR count). The molecule has 0 unspecified atom stereocenters. The summed E-state index contributed by atoms with van der Waals surface area (Å²) in [5.74, 6) is -0.109. The Bertz CT molecular complexity index is 1040. The Kier molecular flexibility index (Phi) is 6.54. The van der Waals surface area contributed by atoms with Gasteiger partial charge in [0.2, 0.25) is 0 Å². The van der Waals surface area contributed by atoms with Gasteiger partial charge in [0.1, 0.15) is 10.8 Å². The van der Waals surface area contributed by atoms with Crippen LogP contribution in [0, 0.1) is 6.92 Å². The zero-order chi connectivity index (χ0) is 21.0. The lowest BCUT2D eigenvalue weighted by molar-refractivity contribution is -0.118. The molecule has 1 heterocycles. The molecular weight excluding hydrogens is 386 g/mol. The molecule has 0 aliphatic heterocycles. The minimum Gasteiger partial charge on any atom is -0.484 e. The molecule has 6 heteroatoms. The molecule has 0 atom stereocenters. The predicted octanol–water partition coefficient (Wildman–Crippen LogP) is 5.35. The van der Waals surface area contributed by atoms with Gasteiger partial charge in [-0.25, -0.2) is 4.79 Å². The van der Waals surface area contributed by atoms with Crippen molar-refractivity contribution in [3.05, 3.63) is 58.5 Å². The first kappa shape index (κ1) is 20.9. The van der Waals surface area contributed by atoms with E-state index in [1.54, 1.807) is 13.8 Å². The van der Waals surface area contributed by atoms with Crippen LogP contribution in [0.1, 0.15) is 41.6 Å². The summed E-state index contributed by atoms with van der Waals surface area (Å²) in [6, 6.07) is 13.7. The molecule has 0 bridgehead atoms. The molecule has 0 aliphatic carbocycles. The van der Waals surface area contributed by atoms with Crippen molar-refractivity contribution in [1.82, 2.24) is 0 Å². The molecular formula is C23H25NO4S. The van der Waals surface area contributed by atoms with Crippen molar-refractivity contribution in [2.45, 2.75) is 40.2 Å². The predicted molar refractivity (Wildman–Crippen MR) is 117 cm³/mol. The molecule has 1 amide bonds. The highest BCUT2D eigenvalue weighted by Gasteiger charge is 2.24. The molecule has 29 heavy (non-hydrogen) atoms. The lowest BCUT2D eigenvalue weighted by Crippen LogP contribution is -2.22. The minimum absolute atomic E-state index is 0.143. The third-order valence-electron chi connectivity index (χ3n) is 4.45. The van der Waals surface area contributed by atoms with E-state index in [1.807, 2.05) is 56.3 Å². The summed E-state index contributed by atoms with van der Waals surface area (Å²) in [5, 5.41) is 5.49. The number of carbonyl (C=O) groups excluding carboxylic acids is 2. The van der Waals surface area contributed by atoms with E-state index in [0.717, 1.165) is 21.2 Å². The van der Waals surface area contributed by atoms with Gasteiger partial charge in [-0.15, -0.1) is 11.3 Å². The van der Waals surface area contributed by atoms with Gasteiger partial charge >= 0.3 is 5.97 Å². The fraction of sp³-hybridized carbons (Fsp3) is 0.304. The number of anilines is 1. The molecule has 1 N–H and O–H groups in total. The SMILES string of the molecule is CCc1c(C)sc(NC(=O)COc2ccc3ccccc3c2)c1C(=O)OC(C)C. The van der Waals surface area contributed by atoms with Gasteiger partial charge in [-0.2, -0.15) is 0 Å². The smallest absolute Gasteiger partial charge is 0.341 e. The molecule has 152 valence electrons.